The van der Waals surface area contributed by atoms with E-state index in [2.05, 4.69) is 5.32 Å². The maximum absolute atomic E-state index is 12.2. The molecule has 0 aliphatic heterocycles. The van der Waals surface area contributed by atoms with Crippen LogP contribution >= 0.6 is 0 Å². The number of hydrogen-bond donors (Lipinski definition) is 1. The molecule has 0 heterocycles. The van der Waals surface area contributed by atoms with Gasteiger partial charge in [0.05, 0.1) is 6.04 Å². The van der Waals surface area contributed by atoms with Gasteiger partial charge in [-0.2, -0.15) is 13.2 Å². The number of ether oxygens (including phenoxy) is 2. The molecule has 0 aromatic rings. The smallest absolute Gasteiger partial charge is 0.351 e. The van der Waals surface area contributed by atoms with E-state index in [9.17, 15) is 13.2 Å². The second kappa shape index (κ2) is 8.72. The van der Waals surface area contributed by atoms with Crippen LogP contribution in [0, 0.1) is 0 Å². The third kappa shape index (κ3) is 8.40. The van der Waals surface area contributed by atoms with Gasteiger partial charge in [-0.1, -0.05) is 6.92 Å². The van der Waals surface area contributed by atoms with E-state index >= 15 is 0 Å². The predicted octanol–water partition coefficient (Wildman–Crippen LogP) is 2.71. The average molecular weight is 257 g/mol. The molecule has 1 atom stereocenters. The van der Waals surface area contributed by atoms with Crippen LogP contribution in [-0.2, 0) is 9.47 Å². The number of hydrogen-bond acceptors (Lipinski definition) is 3. The minimum Gasteiger partial charge on any atom is -0.351 e. The summed E-state index contributed by atoms with van der Waals surface area (Å²) in [5.74, 6) is 0. The molecule has 0 bridgehead atoms. The molecule has 0 spiro atoms. The van der Waals surface area contributed by atoms with E-state index in [1.807, 2.05) is 6.92 Å². The Balaban J connectivity index is 4.33. The molecule has 0 rings (SSSR count). The lowest BCUT2D eigenvalue weighted by Crippen LogP contribution is -2.43. The molecule has 1 unspecified atom stereocenters. The van der Waals surface area contributed by atoms with Crippen molar-refractivity contribution in [1.82, 2.24) is 5.32 Å². The summed E-state index contributed by atoms with van der Waals surface area (Å²) in [6, 6.07) is -0.429. The molecule has 104 valence electrons. The van der Waals surface area contributed by atoms with Gasteiger partial charge in [0, 0.05) is 19.6 Å². The predicted molar refractivity (Wildman–Crippen MR) is 59.8 cm³/mol. The van der Waals surface area contributed by atoms with E-state index in [0.29, 0.717) is 19.8 Å². The standard InChI is InChI=1S/C11H22F3NO2/c1-4-15-9(7-8-11(12,13)14)10(16-5-2)17-6-3/h9-10,15H,4-8H2,1-3H3. The number of halogens is 3. The Kier molecular flexibility index (Phi) is 8.55. The molecule has 0 aliphatic rings. The number of alkyl halides is 3. The second-order valence-electron chi connectivity index (χ2n) is 3.60. The summed E-state index contributed by atoms with van der Waals surface area (Å²) in [5, 5.41) is 2.97. The summed E-state index contributed by atoms with van der Waals surface area (Å²) >= 11 is 0. The monoisotopic (exact) mass is 257 g/mol. The van der Waals surface area contributed by atoms with E-state index < -0.39 is 24.9 Å². The summed E-state index contributed by atoms with van der Waals surface area (Å²) in [5.41, 5.74) is 0. The molecule has 0 amide bonds. The molecule has 0 aromatic carbocycles. The molecule has 1 N–H and O–H groups in total. The first-order valence-electron chi connectivity index (χ1n) is 5.97. The van der Waals surface area contributed by atoms with Crippen molar-refractivity contribution < 1.29 is 22.6 Å². The van der Waals surface area contributed by atoms with E-state index in [-0.39, 0.29) is 6.42 Å². The van der Waals surface area contributed by atoms with Crippen LogP contribution in [-0.4, -0.2) is 38.3 Å². The Morgan fingerprint density at radius 1 is 1.06 bits per heavy atom. The molecule has 0 saturated heterocycles. The van der Waals surface area contributed by atoms with Gasteiger partial charge in [-0.05, 0) is 26.8 Å². The van der Waals surface area contributed by atoms with Crippen molar-refractivity contribution in [2.24, 2.45) is 0 Å². The normalized spacial score (nSPS) is 14.3. The fraction of sp³-hybridized carbons (Fsp3) is 1.00. The summed E-state index contributed by atoms with van der Waals surface area (Å²) in [4.78, 5) is 0. The van der Waals surface area contributed by atoms with Crippen LogP contribution in [0.5, 0.6) is 0 Å². The molecule has 17 heavy (non-hydrogen) atoms. The largest absolute Gasteiger partial charge is 0.389 e. The fourth-order valence-electron chi connectivity index (χ4n) is 1.52. The van der Waals surface area contributed by atoms with E-state index in [1.54, 1.807) is 13.8 Å². The summed E-state index contributed by atoms with van der Waals surface area (Å²) < 4.78 is 47.2. The fourth-order valence-corrected chi connectivity index (χ4v) is 1.52. The van der Waals surface area contributed by atoms with Crippen LogP contribution in [0.1, 0.15) is 33.6 Å². The minimum absolute atomic E-state index is 0.0397. The summed E-state index contributed by atoms with van der Waals surface area (Å²) in [6.07, 6.45) is -5.63. The van der Waals surface area contributed by atoms with Crippen LogP contribution in [0.15, 0.2) is 0 Å². The van der Waals surface area contributed by atoms with Crippen molar-refractivity contribution >= 4 is 0 Å². The van der Waals surface area contributed by atoms with Gasteiger partial charge in [-0.3, -0.25) is 0 Å². The van der Waals surface area contributed by atoms with Gasteiger partial charge in [-0.15, -0.1) is 0 Å². The van der Waals surface area contributed by atoms with Gasteiger partial charge in [0.1, 0.15) is 0 Å². The minimum atomic E-state index is -4.14. The van der Waals surface area contributed by atoms with Crippen molar-refractivity contribution in [3.63, 3.8) is 0 Å². The van der Waals surface area contributed by atoms with Gasteiger partial charge in [0.2, 0.25) is 0 Å². The Hall–Kier alpha value is -0.330. The van der Waals surface area contributed by atoms with Crippen molar-refractivity contribution in [3.05, 3.63) is 0 Å². The lowest BCUT2D eigenvalue weighted by molar-refractivity contribution is -0.168. The highest BCUT2D eigenvalue weighted by atomic mass is 19.4. The van der Waals surface area contributed by atoms with Crippen molar-refractivity contribution in [2.75, 3.05) is 19.8 Å². The first-order valence-corrected chi connectivity index (χ1v) is 5.97. The van der Waals surface area contributed by atoms with Crippen LogP contribution in [0.3, 0.4) is 0 Å². The maximum atomic E-state index is 12.2. The summed E-state index contributed by atoms with van der Waals surface area (Å²) in [7, 11) is 0. The van der Waals surface area contributed by atoms with Crippen LogP contribution < -0.4 is 5.32 Å². The quantitative estimate of drug-likeness (QED) is 0.644. The molecular formula is C11H22F3NO2. The lowest BCUT2D eigenvalue weighted by Gasteiger charge is -2.27. The zero-order chi connectivity index (χ0) is 13.3. The molecule has 3 nitrogen and oxygen atoms in total. The Morgan fingerprint density at radius 2 is 1.59 bits per heavy atom. The second-order valence-corrected chi connectivity index (χ2v) is 3.60. The van der Waals surface area contributed by atoms with E-state index in [0.717, 1.165) is 0 Å². The lowest BCUT2D eigenvalue weighted by atomic mass is 10.1. The Labute approximate surface area is 101 Å². The Bertz CT molecular complexity index is 182. The van der Waals surface area contributed by atoms with Gasteiger partial charge < -0.3 is 14.8 Å². The van der Waals surface area contributed by atoms with Crippen molar-refractivity contribution in [1.29, 1.82) is 0 Å². The van der Waals surface area contributed by atoms with Crippen molar-refractivity contribution in [2.45, 2.75) is 52.1 Å². The summed E-state index contributed by atoms with van der Waals surface area (Å²) in [6.45, 7) is 6.84. The number of likely N-dealkylation sites (N-methyl/N-ethyl adjacent to an activating group) is 1. The molecule has 0 aliphatic carbocycles. The van der Waals surface area contributed by atoms with Crippen LogP contribution in [0.4, 0.5) is 13.2 Å². The highest BCUT2D eigenvalue weighted by Gasteiger charge is 2.31. The first kappa shape index (κ1) is 16.7. The van der Waals surface area contributed by atoms with Crippen molar-refractivity contribution in [3.8, 4) is 0 Å². The molecule has 0 radical (unpaired) electrons. The van der Waals surface area contributed by atoms with Gasteiger partial charge in [-0.25, -0.2) is 0 Å². The first-order chi connectivity index (χ1) is 7.94. The molecule has 0 saturated carbocycles. The zero-order valence-electron chi connectivity index (χ0n) is 10.6. The molecule has 0 fully saturated rings. The molecular weight excluding hydrogens is 235 g/mol. The third-order valence-corrected chi connectivity index (χ3v) is 2.20. The van der Waals surface area contributed by atoms with Crippen LogP contribution in [0.2, 0.25) is 0 Å². The average Bonchev–Trinajstić information content (AvgIpc) is 2.23. The van der Waals surface area contributed by atoms with E-state index in [1.165, 1.54) is 0 Å². The number of nitrogens with one attached hydrogen (secondary N) is 1. The highest BCUT2D eigenvalue weighted by molar-refractivity contribution is 4.72. The van der Waals surface area contributed by atoms with Crippen LogP contribution in [0.25, 0.3) is 0 Å². The topological polar surface area (TPSA) is 30.5 Å². The molecule has 6 heteroatoms. The Morgan fingerprint density at radius 3 is 1.94 bits per heavy atom. The zero-order valence-corrected chi connectivity index (χ0v) is 10.6. The SMILES string of the molecule is CCNC(CCC(F)(F)F)C(OCC)OCC. The van der Waals surface area contributed by atoms with Gasteiger partial charge in [0.15, 0.2) is 6.29 Å². The van der Waals surface area contributed by atoms with E-state index in [4.69, 9.17) is 9.47 Å². The van der Waals surface area contributed by atoms with Gasteiger partial charge in [0.25, 0.3) is 0 Å². The molecule has 0 aromatic heterocycles. The number of rotatable bonds is 9. The van der Waals surface area contributed by atoms with Gasteiger partial charge >= 0.3 is 6.18 Å². The third-order valence-electron chi connectivity index (χ3n) is 2.20. The maximum Gasteiger partial charge on any atom is 0.389 e. The highest BCUT2D eigenvalue weighted by Crippen LogP contribution is 2.23.